The van der Waals surface area contributed by atoms with E-state index in [1.807, 2.05) is 0 Å². The van der Waals surface area contributed by atoms with Crippen molar-refractivity contribution in [3.8, 4) is 0 Å². The normalized spacial score (nSPS) is 27.4. The molecule has 1 aromatic carbocycles. The smallest absolute Gasteiger partial charge is 0.325 e. The van der Waals surface area contributed by atoms with Crippen molar-refractivity contribution in [2.75, 3.05) is 0 Å². The molecule has 0 aliphatic heterocycles. The largest absolute Gasteiger partial charge is 0.481 e. The summed E-state index contributed by atoms with van der Waals surface area (Å²) in [6, 6.07) is 6.75. The van der Waals surface area contributed by atoms with Crippen molar-refractivity contribution in [1.29, 1.82) is 0 Å². The van der Waals surface area contributed by atoms with Crippen LogP contribution in [0.2, 0.25) is 0 Å². The maximum absolute atomic E-state index is 11.1. The van der Waals surface area contributed by atoms with E-state index in [1.165, 1.54) is 0 Å². The molecule has 1 aliphatic rings. The fraction of sp³-hybridized carbons (Fsp3) is 0.273. The molecule has 5 nitrogen and oxygen atoms in total. The molecule has 0 saturated carbocycles. The number of hydrogen-bond acceptors (Lipinski definition) is 3. The molecule has 0 fully saturated rings. The van der Waals surface area contributed by atoms with E-state index in [0.29, 0.717) is 11.1 Å². The zero-order valence-electron chi connectivity index (χ0n) is 8.38. The lowest BCUT2D eigenvalue weighted by molar-refractivity contribution is -0.151. The van der Waals surface area contributed by atoms with Gasteiger partial charge in [0.2, 0.25) is 0 Å². The van der Waals surface area contributed by atoms with Gasteiger partial charge in [0, 0.05) is 6.42 Å². The summed E-state index contributed by atoms with van der Waals surface area (Å²) in [4.78, 5) is 22.3. The summed E-state index contributed by atoms with van der Waals surface area (Å²) >= 11 is 0. The molecule has 0 bridgehead atoms. The molecule has 1 aromatic rings. The molecule has 0 saturated heterocycles. The van der Waals surface area contributed by atoms with E-state index in [0.717, 1.165) is 0 Å². The van der Waals surface area contributed by atoms with Gasteiger partial charge in [-0.25, -0.2) is 0 Å². The van der Waals surface area contributed by atoms with Gasteiger partial charge in [0.15, 0.2) is 0 Å². The van der Waals surface area contributed by atoms with Crippen LogP contribution in [0, 0.1) is 0 Å². The van der Waals surface area contributed by atoms with Crippen LogP contribution in [0.1, 0.15) is 17.0 Å². The number of carbonyl (C=O) groups is 2. The van der Waals surface area contributed by atoms with Crippen molar-refractivity contribution in [3.63, 3.8) is 0 Å². The standard InChI is InChI=1S/C11H11NO4/c12-11(10(15)16)5-6-3-1-2-4-7(6)8(11)9(13)14/h1-4,8H,5,12H2,(H,13,14)(H,15,16). The number of benzene rings is 1. The zero-order chi connectivity index (χ0) is 11.9. The number of aliphatic carboxylic acids is 2. The van der Waals surface area contributed by atoms with Crippen molar-refractivity contribution in [2.45, 2.75) is 17.9 Å². The molecule has 0 aromatic heterocycles. The monoisotopic (exact) mass is 221 g/mol. The van der Waals surface area contributed by atoms with Gasteiger partial charge in [-0.05, 0) is 11.1 Å². The van der Waals surface area contributed by atoms with Crippen LogP contribution in [0.4, 0.5) is 0 Å². The Morgan fingerprint density at radius 2 is 1.94 bits per heavy atom. The van der Waals surface area contributed by atoms with Crippen molar-refractivity contribution in [1.82, 2.24) is 0 Å². The number of carboxylic acid groups (broad SMARTS) is 2. The fourth-order valence-electron chi connectivity index (χ4n) is 2.22. The first-order valence-electron chi connectivity index (χ1n) is 4.79. The average molecular weight is 221 g/mol. The average Bonchev–Trinajstić information content (AvgIpc) is 2.51. The summed E-state index contributed by atoms with van der Waals surface area (Å²) in [5.74, 6) is -3.66. The van der Waals surface area contributed by atoms with Crippen LogP contribution in [-0.4, -0.2) is 27.7 Å². The zero-order valence-corrected chi connectivity index (χ0v) is 8.38. The maximum atomic E-state index is 11.1. The molecule has 1 aliphatic carbocycles. The number of fused-ring (bicyclic) bond motifs is 1. The van der Waals surface area contributed by atoms with Gasteiger partial charge in [-0.15, -0.1) is 0 Å². The van der Waals surface area contributed by atoms with E-state index in [4.69, 9.17) is 15.9 Å². The van der Waals surface area contributed by atoms with E-state index in [2.05, 4.69) is 0 Å². The predicted molar refractivity (Wildman–Crippen MR) is 55.1 cm³/mol. The first kappa shape index (κ1) is 10.6. The highest BCUT2D eigenvalue weighted by molar-refractivity contribution is 5.92. The summed E-state index contributed by atoms with van der Waals surface area (Å²) in [5, 5.41) is 18.2. The van der Waals surface area contributed by atoms with E-state index in [1.54, 1.807) is 24.3 Å². The summed E-state index contributed by atoms with van der Waals surface area (Å²) in [6.45, 7) is 0. The Morgan fingerprint density at radius 1 is 1.31 bits per heavy atom. The van der Waals surface area contributed by atoms with Crippen LogP contribution in [0.15, 0.2) is 24.3 Å². The van der Waals surface area contributed by atoms with Crippen molar-refractivity contribution in [3.05, 3.63) is 35.4 Å². The third kappa shape index (κ3) is 1.29. The molecular formula is C11H11NO4. The molecule has 16 heavy (non-hydrogen) atoms. The minimum absolute atomic E-state index is 0.0511. The molecule has 2 unspecified atom stereocenters. The minimum atomic E-state index is -1.74. The van der Waals surface area contributed by atoms with Gasteiger partial charge in [0.25, 0.3) is 0 Å². The minimum Gasteiger partial charge on any atom is -0.481 e. The topological polar surface area (TPSA) is 101 Å². The Bertz CT molecular complexity index is 471. The van der Waals surface area contributed by atoms with Gasteiger partial charge in [-0.3, -0.25) is 9.59 Å². The van der Waals surface area contributed by atoms with Gasteiger partial charge in [0.05, 0.1) is 0 Å². The quantitative estimate of drug-likeness (QED) is 0.662. The highest BCUT2D eigenvalue weighted by atomic mass is 16.4. The Balaban J connectivity index is 2.58. The van der Waals surface area contributed by atoms with Crippen LogP contribution in [0.5, 0.6) is 0 Å². The third-order valence-corrected chi connectivity index (χ3v) is 3.01. The summed E-state index contributed by atoms with van der Waals surface area (Å²) in [7, 11) is 0. The van der Waals surface area contributed by atoms with Crippen LogP contribution in [0.3, 0.4) is 0 Å². The first-order chi connectivity index (χ1) is 7.47. The summed E-state index contributed by atoms with van der Waals surface area (Å²) in [6.07, 6.45) is 0.0511. The number of carboxylic acids is 2. The van der Waals surface area contributed by atoms with Crippen LogP contribution in [-0.2, 0) is 16.0 Å². The summed E-state index contributed by atoms with van der Waals surface area (Å²) < 4.78 is 0. The van der Waals surface area contributed by atoms with E-state index in [9.17, 15) is 9.59 Å². The molecular weight excluding hydrogens is 210 g/mol. The SMILES string of the molecule is NC1(C(=O)O)Cc2ccccc2C1C(=O)O. The highest BCUT2D eigenvalue weighted by Crippen LogP contribution is 2.39. The Morgan fingerprint density at radius 3 is 2.50 bits per heavy atom. The maximum Gasteiger partial charge on any atom is 0.325 e. The van der Waals surface area contributed by atoms with Crippen LogP contribution in [0.25, 0.3) is 0 Å². The Labute approximate surface area is 91.5 Å². The van der Waals surface area contributed by atoms with Crippen LogP contribution >= 0.6 is 0 Å². The van der Waals surface area contributed by atoms with Crippen LogP contribution < -0.4 is 5.73 Å². The molecule has 4 N–H and O–H groups in total. The molecule has 0 heterocycles. The Hall–Kier alpha value is -1.88. The molecule has 2 rings (SSSR count). The van der Waals surface area contributed by atoms with Gasteiger partial charge in [-0.1, -0.05) is 24.3 Å². The molecule has 2 atom stereocenters. The second-order valence-corrected chi connectivity index (χ2v) is 3.99. The van der Waals surface area contributed by atoms with Crippen molar-refractivity contribution in [2.24, 2.45) is 5.73 Å². The van der Waals surface area contributed by atoms with E-state index in [-0.39, 0.29) is 6.42 Å². The predicted octanol–water partition coefficient (Wildman–Crippen LogP) is 0.193. The first-order valence-corrected chi connectivity index (χ1v) is 4.79. The summed E-state index contributed by atoms with van der Waals surface area (Å²) in [5.41, 5.74) is 5.17. The lowest BCUT2D eigenvalue weighted by Crippen LogP contribution is -2.53. The lowest BCUT2D eigenvalue weighted by Gasteiger charge is -2.23. The second kappa shape index (κ2) is 3.31. The highest BCUT2D eigenvalue weighted by Gasteiger charge is 2.52. The number of rotatable bonds is 2. The molecule has 0 spiro atoms. The fourth-order valence-corrected chi connectivity index (χ4v) is 2.22. The second-order valence-electron chi connectivity index (χ2n) is 3.99. The van der Waals surface area contributed by atoms with Gasteiger partial charge < -0.3 is 15.9 Å². The molecule has 0 amide bonds. The molecule has 84 valence electrons. The van der Waals surface area contributed by atoms with E-state index < -0.39 is 23.4 Å². The Kier molecular flexibility index (Phi) is 2.20. The number of nitrogens with two attached hydrogens (primary N) is 1. The third-order valence-electron chi connectivity index (χ3n) is 3.01. The van der Waals surface area contributed by atoms with Gasteiger partial charge in [0.1, 0.15) is 11.5 Å². The lowest BCUT2D eigenvalue weighted by atomic mass is 9.85. The number of hydrogen-bond donors (Lipinski definition) is 3. The van der Waals surface area contributed by atoms with E-state index >= 15 is 0 Å². The molecule has 5 heteroatoms. The van der Waals surface area contributed by atoms with Gasteiger partial charge in [-0.2, -0.15) is 0 Å². The van der Waals surface area contributed by atoms with Gasteiger partial charge >= 0.3 is 11.9 Å². The molecule has 0 radical (unpaired) electrons. The van der Waals surface area contributed by atoms with Crippen molar-refractivity contribution < 1.29 is 19.8 Å². The van der Waals surface area contributed by atoms with Crippen molar-refractivity contribution >= 4 is 11.9 Å².